The van der Waals surface area contributed by atoms with Gasteiger partial charge in [0.25, 0.3) is 0 Å². The summed E-state index contributed by atoms with van der Waals surface area (Å²) >= 11 is 7.53. The normalized spacial score (nSPS) is 19.8. The molecule has 1 aromatic rings. The second kappa shape index (κ2) is 5.71. The first-order chi connectivity index (χ1) is 8.95. The van der Waals surface area contributed by atoms with Gasteiger partial charge in [0.05, 0.1) is 5.41 Å². The van der Waals surface area contributed by atoms with Crippen LogP contribution in [0.2, 0.25) is 0 Å². The Morgan fingerprint density at radius 3 is 2.95 bits per heavy atom. The highest BCUT2D eigenvalue weighted by Crippen LogP contribution is 2.40. The highest BCUT2D eigenvalue weighted by atomic mass is 35.5. The van der Waals surface area contributed by atoms with E-state index in [1.165, 1.54) is 12.1 Å². The number of amides is 1. The average molecular weight is 302 g/mol. The second-order valence-electron chi connectivity index (χ2n) is 5.29. The predicted molar refractivity (Wildman–Crippen MR) is 77.8 cm³/mol. The van der Waals surface area contributed by atoms with Gasteiger partial charge in [-0.1, -0.05) is 12.1 Å². The van der Waals surface area contributed by atoms with Crippen molar-refractivity contribution in [3.63, 3.8) is 0 Å². The van der Waals surface area contributed by atoms with Gasteiger partial charge >= 0.3 is 0 Å². The first-order valence-corrected chi connectivity index (χ1v) is 7.78. The van der Waals surface area contributed by atoms with Crippen LogP contribution >= 0.6 is 23.4 Å². The lowest BCUT2D eigenvalue weighted by Gasteiger charge is -2.31. The lowest BCUT2D eigenvalue weighted by molar-refractivity contribution is -0.139. The highest BCUT2D eigenvalue weighted by molar-refractivity contribution is 7.99. The number of halogens is 2. The van der Waals surface area contributed by atoms with Crippen molar-refractivity contribution in [1.29, 1.82) is 0 Å². The van der Waals surface area contributed by atoms with E-state index in [2.05, 4.69) is 0 Å². The molecule has 0 aliphatic carbocycles. The molecule has 0 radical (unpaired) electrons. The summed E-state index contributed by atoms with van der Waals surface area (Å²) in [5.41, 5.74) is 0.249. The van der Waals surface area contributed by atoms with Crippen molar-refractivity contribution in [2.45, 2.75) is 19.2 Å². The number of thioether (sulfide) groups is 1. The molecule has 104 valence electrons. The molecule has 1 heterocycles. The predicted octanol–water partition coefficient (Wildman–Crippen LogP) is 3.66. The van der Waals surface area contributed by atoms with Gasteiger partial charge < -0.3 is 4.90 Å². The van der Waals surface area contributed by atoms with Gasteiger partial charge in [-0.3, -0.25) is 4.79 Å². The summed E-state index contributed by atoms with van der Waals surface area (Å²) in [5.74, 6) is 0.907. The smallest absolute Gasteiger partial charge is 0.230 e. The molecule has 0 N–H and O–H groups in total. The molecule has 1 aliphatic heterocycles. The Hall–Kier alpha value is -0.740. The van der Waals surface area contributed by atoms with Crippen molar-refractivity contribution in [3.8, 4) is 0 Å². The van der Waals surface area contributed by atoms with Crippen LogP contribution in [0, 0.1) is 11.2 Å². The Morgan fingerprint density at radius 1 is 1.58 bits per heavy atom. The van der Waals surface area contributed by atoms with Crippen LogP contribution in [0.25, 0.3) is 0 Å². The monoisotopic (exact) mass is 301 g/mol. The minimum atomic E-state index is -0.585. The minimum Gasteiger partial charge on any atom is -0.325 e. The molecule has 5 heteroatoms. The van der Waals surface area contributed by atoms with Crippen LogP contribution in [0.1, 0.15) is 24.8 Å². The fourth-order valence-corrected chi connectivity index (χ4v) is 3.42. The average Bonchev–Trinajstić information content (AvgIpc) is 2.86. The molecule has 1 atom stereocenters. The molecule has 1 aromatic carbocycles. The summed E-state index contributed by atoms with van der Waals surface area (Å²) in [7, 11) is 0. The Labute approximate surface area is 122 Å². The van der Waals surface area contributed by atoms with Crippen molar-refractivity contribution in [2.24, 2.45) is 5.41 Å². The number of alkyl halides is 1. The zero-order valence-corrected chi connectivity index (χ0v) is 12.6. The van der Waals surface area contributed by atoms with Crippen LogP contribution in [0.4, 0.5) is 4.39 Å². The van der Waals surface area contributed by atoms with Crippen LogP contribution in [-0.4, -0.2) is 29.0 Å². The van der Waals surface area contributed by atoms with Crippen LogP contribution in [0.3, 0.4) is 0 Å². The van der Waals surface area contributed by atoms with E-state index in [0.717, 1.165) is 11.3 Å². The number of hydrogen-bond acceptors (Lipinski definition) is 2. The summed E-state index contributed by atoms with van der Waals surface area (Å²) < 4.78 is 13.3. The zero-order chi connectivity index (χ0) is 14.0. The number of carbonyl (C=O) groups is 1. The molecule has 1 saturated heterocycles. The van der Waals surface area contributed by atoms with E-state index in [4.69, 9.17) is 11.6 Å². The van der Waals surface area contributed by atoms with Crippen molar-refractivity contribution < 1.29 is 9.18 Å². The van der Waals surface area contributed by atoms with E-state index in [9.17, 15) is 9.18 Å². The van der Waals surface area contributed by atoms with Gasteiger partial charge in [0.2, 0.25) is 5.91 Å². The van der Waals surface area contributed by atoms with Gasteiger partial charge in [0.15, 0.2) is 0 Å². The summed E-state index contributed by atoms with van der Waals surface area (Å²) in [6.07, 6.45) is 0. The SMILES string of the molecule is CC(C)(CCl)C(=O)N1CCSC1c1cccc(F)c1. The van der Waals surface area contributed by atoms with E-state index >= 15 is 0 Å². The Morgan fingerprint density at radius 2 is 2.32 bits per heavy atom. The molecule has 0 saturated carbocycles. The van der Waals surface area contributed by atoms with Gasteiger partial charge in [-0.15, -0.1) is 23.4 Å². The zero-order valence-electron chi connectivity index (χ0n) is 11.0. The van der Waals surface area contributed by atoms with Crippen LogP contribution in [-0.2, 0) is 4.79 Å². The molecule has 0 aromatic heterocycles. The maximum Gasteiger partial charge on any atom is 0.230 e. The van der Waals surface area contributed by atoms with Gasteiger partial charge in [0.1, 0.15) is 11.2 Å². The van der Waals surface area contributed by atoms with Gasteiger partial charge in [0, 0.05) is 18.2 Å². The number of benzene rings is 1. The molecule has 0 spiro atoms. The molecular weight excluding hydrogens is 285 g/mol. The number of nitrogens with zero attached hydrogens (tertiary/aromatic N) is 1. The van der Waals surface area contributed by atoms with Crippen molar-refractivity contribution in [1.82, 2.24) is 4.90 Å². The summed E-state index contributed by atoms with van der Waals surface area (Å²) in [6.45, 7) is 4.37. The van der Waals surface area contributed by atoms with Crippen molar-refractivity contribution in [2.75, 3.05) is 18.2 Å². The first-order valence-electron chi connectivity index (χ1n) is 6.20. The topological polar surface area (TPSA) is 20.3 Å². The maximum absolute atomic E-state index is 13.3. The van der Waals surface area contributed by atoms with E-state index < -0.39 is 5.41 Å². The fourth-order valence-electron chi connectivity index (χ4n) is 2.06. The molecular formula is C14H17ClFNOS. The number of rotatable bonds is 3. The molecule has 2 nitrogen and oxygen atoms in total. The van der Waals surface area contributed by atoms with Crippen LogP contribution < -0.4 is 0 Å². The van der Waals surface area contributed by atoms with Crippen LogP contribution in [0.5, 0.6) is 0 Å². The largest absolute Gasteiger partial charge is 0.325 e. The highest BCUT2D eigenvalue weighted by Gasteiger charge is 2.38. The van der Waals surface area contributed by atoms with Gasteiger partial charge in [-0.05, 0) is 31.5 Å². The molecule has 19 heavy (non-hydrogen) atoms. The second-order valence-corrected chi connectivity index (χ2v) is 6.75. The third kappa shape index (κ3) is 3.06. The van der Waals surface area contributed by atoms with Crippen LogP contribution in [0.15, 0.2) is 24.3 Å². The summed E-state index contributed by atoms with van der Waals surface area (Å²) in [6, 6.07) is 6.45. The van der Waals surface area contributed by atoms with E-state index in [0.29, 0.717) is 6.54 Å². The quantitative estimate of drug-likeness (QED) is 0.794. The molecule has 1 amide bonds. The van der Waals surface area contributed by atoms with E-state index in [1.807, 2.05) is 24.8 Å². The van der Waals surface area contributed by atoms with E-state index in [-0.39, 0.29) is 23.0 Å². The Balaban J connectivity index is 2.24. The molecule has 1 fully saturated rings. The molecule has 2 rings (SSSR count). The maximum atomic E-state index is 13.3. The van der Waals surface area contributed by atoms with Crippen molar-refractivity contribution in [3.05, 3.63) is 35.6 Å². The summed E-state index contributed by atoms with van der Waals surface area (Å²) in [5, 5.41) is -0.106. The number of carbonyl (C=O) groups excluding carboxylic acids is 1. The third-order valence-electron chi connectivity index (χ3n) is 3.20. The summed E-state index contributed by atoms with van der Waals surface area (Å²) in [4.78, 5) is 14.3. The van der Waals surface area contributed by atoms with Gasteiger partial charge in [-0.2, -0.15) is 0 Å². The Bertz CT molecular complexity index is 480. The fraction of sp³-hybridized carbons (Fsp3) is 0.500. The lowest BCUT2D eigenvalue weighted by Crippen LogP contribution is -2.41. The molecule has 1 aliphatic rings. The Kier molecular flexibility index (Phi) is 4.41. The first kappa shape index (κ1) is 14.7. The lowest BCUT2D eigenvalue weighted by atomic mass is 9.94. The minimum absolute atomic E-state index is 0.0294. The third-order valence-corrected chi connectivity index (χ3v) is 5.13. The van der Waals surface area contributed by atoms with Crippen molar-refractivity contribution >= 4 is 29.3 Å². The molecule has 0 bridgehead atoms. The number of hydrogen-bond donors (Lipinski definition) is 0. The van der Waals surface area contributed by atoms with Gasteiger partial charge in [-0.25, -0.2) is 4.39 Å². The standard InChI is InChI=1S/C14H17ClFNOS/c1-14(2,9-15)13(18)17-6-7-19-12(17)10-4-3-5-11(16)8-10/h3-5,8,12H,6-7,9H2,1-2H3. The van der Waals surface area contributed by atoms with E-state index in [1.54, 1.807) is 17.8 Å². The molecule has 1 unspecified atom stereocenters.